The zero-order chi connectivity index (χ0) is 19.8. The molecule has 0 bridgehead atoms. The summed E-state index contributed by atoms with van der Waals surface area (Å²) in [5.41, 5.74) is 0.959. The van der Waals surface area contributed by atoms with Gasteiger partial charge in [-0.05, 0) is 30.3 Å². The Hall–Kier alpha value is -2.02. The smallest absolute Gasteiger partial charge is 0.265 e. The SMILES string of the molecule is CC(C)(C)c1nn(-c2ccccc2)cc1S(=O)(=O)Nc1cc(Cl)ccc1Cl. The zero-order valence-corrected chi connectivity index (χ0v) is 17.4. The first-order valence-corrected chi connectivity index (χ1v) is 10.5. The number of hydrogen-bond donors (Lipinski definition) is 1. The molecule has 0 spiro atoms. The molecule has 27 heavy (non-hydrogen) atoms. The molecule has 0 amide bonds. The van der Waals surface area contributed by atoms with E-state index in [2.05, 4.69) is 9.82 Å². The lowest BCUT2D eigenvalue weighted by molar-refractivity contribution is 0.543. The Kier molecular flexibility index (Phi) is 5.25. The Bertz CT molecular complexity index is 1070. The summed E-state index contributed by atoms with van der Waals surface area (Å²) in [6, 6.07) is 13.9. The molecule has 0 unspecified atom stereocenters. The number of sulfonamides is 1. The second kappa shape index (κ2) is 7.19. The molecule has 5 nitrogen and oxygen atoms in total. The summed E-state index contributed by atoms with van der Waals surface area (Å²) in [5.74, 6) is 0. The fraction of sp³-hybridized carbons (Fsp3) is 0.211. The predicted molar refractivity (Wildman–Crippen MR) is 110 cm³/mol. The molecule has 0 fully saturated rings. The molecule has 3 aromatic rings. The van der Waals surface area contributed by atoms with E-state index in [4.69, 9.17) is 23.2 Å². The van der Waals surface area contributed by atoms with E-state index in [-0.39, 0.29) is 15.6 Å². The lowest BCUT2D eigenvalue weighted by Crippen LogP contribution is -2.20. The van der Waals surface area contributed by atoms with E-state index in [9.17, 15) is 8.42 Å². The maximum Gasteiger partial charge on any atom is 0.265 e. The van der Waals surface area contributed by atoms with E-state index < -0.39 is 15.4 Å². The van der Waals surface area contributed by atoms with Gasteiger partial charge >= 0.3 is 0 Å². The molecule has 2 aromatic carbocycles. The van der Waals surface area contributed by atoms with E-state index >= 15 is 0 Å². The summed E-state index contributed by atoms with van der Waals surface area (Å²) in [7, 11) is -3.93. The van der Waals surface area contributed by atoms with Crippen LogP contribution >= 0.6 is 23.2 Å². The lowest BCUT2D eigenvalue weighted by atomic mass is 9.92. The van der Waals surface area contributed by atoms with Gasteiger partial charge in [0.15, 0.2) is 0 Å². The van der Waals surface area contributed by atoms with Gasteiger partial charge in [-0.15, -0.1) is 0 Å². The second-order valence-corrected chi connectivity index (χ2v) is 9.60. The van der Waals surface area contributed by atoms with E-state index in [1.165, 1.54) is 12.3 Å². The van der Waals surface area contributed by atoms with Crippen molar-refractivity contribution in [2.45, 2.75) is 31.1 Å². The lowest BCUT2D eigenvalue weighted by Gasteiger charge is -2.18. The van der Waals surface area contributed by atoms with Gasteiger partial charge in [0.1, 0.15) is 4.90 Å². The average molecular weight is 424 g/mol. The number of anilines is 1. The number of nitrogens with zero attached hydrogens (tertiary/aromatic N) is 2. The molecule has 1 N–H and O–H groups in total. The Morgan fingerprint density at radius 2 is 1.70 bits per heavy atom. The van der Waals surface area contributed by atoms with Crippen LogP contribution in [0.25, 0.3) is 5.69 Å². The maximum absolute atomic E-state index is 13.1. The van der Waals surface area contributed by atoms with E-state index in [0.29, 0.717) is 10.7 Å². The fourth-order valence-electron chi connectivity index (χ4n) is 2.56. The number of rotatable bonds is 4. The minimum atomic E-state index is -3.93. The molecule has 0 aliphatic rings. The largest absolute Gasteiger partial charge is 0.278 e. The van der Waals surface area contributed by atoms with Crippen molar-refractivity contribution in [2.24, 2.45) is 0 Å². The van der Waals surface area contributed by atoms with Gasteiger partial charge in [-0.1, -0.05) is 62.2 Å². The van der Waals surface area contributed by atoms with Crippen molar-refractivity contribution in [1.82, 2.24) is 9.78 Å². The number of hydrogen-bond acceptors (Lipinski definition) is 3. The Labute approximate surface area is 169 Å². The molecular formula is C19H19Cl2N3O2S. The Morgan fingerprint density at radius 1 is 1.04 bits per heavy atom. The van der Waals surface area contributed by atoms with Crippen LogP contribution in [0.2, 0.25) is 10.0 Å². The molecule has 0 aliphatic carbocycles. The van der Waals surface area contributed by atoms with Gasteiger partial charge in [-0.3, -0.25) is 4.72 Å². The summed E-state index contributed by atoms with van der Waals surface area (Å²) in [6.45, 7) is 5.74. The monoisotopic (exact) mass is 423 g/mol. The molecule has 1 heterocycles. The average Bonchev–Trinajstić information content (AvgIpc) is 3.05. The summed E-state index contributed by atoms with van der Waals surface area (Å²) >= 11 is 12.1. The van der Waals surface area contributed by atoms with Gasteiger partial charge in [-0.25, -0.2) is 13.1 Å². The highest BCUT2D eigenvalue weighted by molar-refractivity contribution is 7.92. The van der Waals surface area contributed by atoms with E-state index in [1.807, 2.05) is 51.1 Å². The Morgan fingerprint density at radius 3 is 2.33 bits per heavy atom. The summed E-state index contributed by atoms with van der Waals surface area (Å²) in [4.78, 5) is 0.0925. The number of benzene rings is 2. The number of para-hydroxylation sites is 1. The summed E-state index contributed by atoms with van der Waals surface area (Å²) < 4.78 is 30.3. The minimum absolute atomic E-state index is 0.0925. The zero-order valence-electron chi connectivity index (χ0n) is 15.1. The van der Waals surface area contributed by atoms with Gasteiger partial charge in [0.05, 0.1) is 28.3 Å². The van der Waals surface area contributed by atoms with Crippen LogP contribution < -0.4 is 4.72 Å². The van der Waals surface area contributed by atoms with Crippen LogP contribution in [-0.2, 0) is 15.4 Å². The van der Waals surface area contributed by atoms with Crippen molar-refractivity contribution in [3.63, 3.8) is 0 Å². The third-order valence-corrected chi connectivity index (χ3v) is 5.81. The van der Waals surface area contributed by atoms with Gasteiger partial charge in [0, 0.05) is 10.4 Å². The summed E-state index contributed by atoms with van der Waals surface area (Å²) in [6.07, 6.45) is 1.51. The number of nitrogens with one attached hydrogen (secondary N) is 1. The van der Waals surface area contributed by atoms with Crippen molar-refractivity contribution >= 4 is 38.9 Å². The Balaban J connectivity index is 2.11. The third kappa shape index (κ3) is 4.29. The number of aromatic nitrogens is 2. The molecule has 8 heteroatoms. The summed E-state index contributed by atoms with van der Waals surface area (Å²) in [5, 5.41) is 5.18. The topological polar surface area (TPSA) is 64.0 Å². The first kappa shape index (κ1) is 19.7. The molecule has 1 aromatic heterocycles. The van der Waals surface area contributed by atoms with Crippen LogP contribution in [0.3, 0.4) is 0 Å². The van der Waals surface area contributed by atoms with Crippen molar-refractivity contribution in [1.29, 1.82) is 0 Å². The first-order chi connectivity index (χ1) is 12.6. The molecule has 0 saturated carbocycles. The van der Waals surface area contributed by atoms with E-state index in [0.717, 1.165) is 5.69 Å². The van der Waals surface area contributed by atoms with Crippen molar-refractivity contribution in [3.05, 3.63) is 70.5 Å². The van der Waals surface area contributed by atoms with Crippen molar-refractivity contribution in [2.75, 3.05) is 4.72 Å². The predicted octanol–water partition coefficient (Wildman–Crippen LogP) is 5.28. The molecule has 0 aliphatic heterocycles. The molecule has 0 atom stereocenters. The highest BCUT2D eigenvalue weighted by atomic mass is 35.5. The molecule has 0 radical (unpaired) electrons. The van der Waals surface area contributed by atoms with Gasteiger partial charge in [0.25, 0.3) is 10.0 Å². The highest BCUT2D eigenvalue weighted by Crippen LogP contribution is 2.32. The first-order valence-electron chi connectivity index (χ1n) is 8.21. The van der Waals surface area contributed by atoms with Gasteiger partial charge in [-0.2, -0.15) is 5.10 Å². The second-order valence-electron chi connectivity index (χ2n) is 7.10. The highest BCUT2D eigenvalue weighted by Gasteiger charge is 2.30. The van der Waals surface area contributed by atoms with Crippen LogP contribution in [0.5, 0.6) is 0 Å². The molecular weight excluding hydrogens is 405 g/mol. The van der Waals surface area contributed by atoms with E-state index in [1.54, 1.807) is 16.8 Å². The van der Waals surface area contributed by atoms with Crippen LogP contribution in [0, 0.1) is 0 Å². The molecule has 0 saturated heterocycles. The van der Waals surface area contributed by atoms with Crippen LogP contribution in [0.15, 0.2) is 59.6 Å². The van der Waals surface area contributed by atoms with Crippen LogP contribution in [0.1, 0.15) is 26.5 Å². The van der Waals surface area contributed by atoms with Crippen LogP contribution in [0.4, 0.5) is 5.69 Å². The maximum atomic E-state index is 13.1. The van der Waals surface area contributed by atoms with Crippen molar-refractivity contribution in [3.8, 4) is 5.69 Å². The standard InChI is InChI=1S/C19H19Cl2N3O2S/c1-19(2,3)18-17(12-24(22-18)14-7-5-4-6-8-14)27(25,26)23-16-11-13(20)9-10-15(16)21/h4-12,23H,1-3H3. The third-order valence-electron chi connectivity index (χ3n) is 3.87. The minimum Gasteiger partial charge on any atom is -0.278 e. The van der Waals surface area contributed by atoms with Gasteiger partial charge in [0.2, 0.25) is 0 Å². The van der Waals surface area contributed by atoms with Crippen molar-refractivity contribution < 1.29 is 8.42 Å². The van der Waals surface area contributed by atoms with Crippen LogP contribution in [-0.4, -0.2) is 18.2 Å². The normalized spacial score (nSPS) is 12.2. The molecule has 3 rings (SSSR count). The van der Waals surface area contributed by atoms with Gasteiger partial charge < -0.3 is 0 Å². The quantitative estimate of drug-likeness (QED) is 0.620. The fourth-order valence-corrected chi connectivity index (χ4v) is 4.36. The molecule has 142 valence electrons. The number of halogens is 2.